The molecule has 2 aromatic rings. The number of Topliss-reactive ketones (excluding diaryl/α,β-unsaturated/α-hetero) is 1. The van der Waals surface area contributed by atoms with Crippen molar-refractivity contribution in [2.45, 2.75) is 11.8 Å². The predicted molar refractivity (Wildman–Crippen MR) is 95.6 cm³/mol. The number of nitrogens with zero attached hydrogens (tertiary/aromatic N) is 1. The van der Waals surface area contributed by atoms with Gasteiger partial charge in [-0.15, -0.1) is 0 Å². The van der Waals surface area contributed by atoms with Gasteiger partial charge in [-0.2, -0.15) is 0 Å². The minimum Gasteiger partial charge on any atom is -0.308 e. The highest BCUT2D eigenvalue weighted by Crippen LogP contribution is 2.22. The smallest absolute Gasteiger partial charge is 0.240 e. The van der Waals surface area contributed by atoms with Gasteiger partial charge in [0.05, 0.1) is 4.90 Å². The molecular weight excluding hydrogens is 324 g/mol. The first kappa shape index (κ1) is 18.3. The van der Waals surface area contributed by atoms with Gasteiger partial charge in [-0.05, 0) is 50.3 Å². The van der Waals surface area contributed by atoms with Crippen LogP contribution in [0.15, 0.2) is 53.4 Å². The average molecular weight is 346 g/mol. The van der Waals surface area contributed by atoms with E-state index in [1.165, 1.54) is 6.92 Å². The molecule has 0 aromatic heterocycles. The largest absolute Gasteiger partial charge is 0.308 e. The molecule has 0 spiro atoms. The van der Waals surface area contributed by atoms with Gasteiger partial charge in [-0.25, -0.2) is 13.1 Å². The fourth-order valence-electron chi connectivity index (χ4n) is 2.23. The predicted octanol–water partition coefficient (Wildman–Crippen LogP) is 2.40. The van der Waals surface area contributed by atoms with E-state index in [1.807, 2.05) is 31.1 Å². The van der Waals surface area contributed by atoms with Crippen LogP contribution in [0.2, 0.25) is 0 Å². The third-order valence-corrected chi connectivity index (χ3v) is 5.10. The highest BCUT2D eigenvalue weighted by Gasteiger charge is 2.13. The summed E-state index contributed by atoms with van der Waals surface area (Å²) in [5.41, 5.74) is 2.38. The zero-order valence-electron chi connectivity index (χ0n) is 14.1. The number of hydrogen-bond donors (Lipinski definition) is 1. The number of benzene rings is 2. The van der Waals surface area contributed by atoms with Crippen LogP contribution in [0.3, 0.4) is 0 Å². The highest BCUT2D eigenvalue weighted by molar-refractivity contribution is 7.89. The van der Waals surface area contributed by atoms with Crippen LogP contribution in [0.1, 0.15) is 17.3 Å². The van der Waals surface area contributed by atoms with E-state index in [0.29, 0.717) is 18.7 Å². The van der Waals surface area contributed by atoms with E-state index in [2.05, 4.69) is 4.72 Å². The van der Waals surface area contributed by atoms with Crippen molar-refractivity contribution in [3.63, 3.8) is 0 Å². The van der Waals surface area contributed by atoms with Gasteiger partial charge in [0, 0.05) is 18.7 Å². The number of ketones is 1. The quantitative estimate of drug-likeness (QED) is 0.782. The van der Waals surface area contributed by atoms with Crippen LogP contribution < -0.4 is 4.72 Å². The molecule has 128 valence electrons. The minimum atomic E-state index is -3.51. The summed E-state index contributed by atoms with van der Waals surface area (Å²) in [5.74, 6) is 0.00106. The second-order valence-corrected chi connectivity index (χ2v) is 7.63. The summed E-state index contributed by atoms with van der Waals surface area (Å²) in [7, 11) is 0.267. The van der Waals surface area contributed by atoms with E-state index in [1.54, 1.807) is 36.4 Å². The molecule has 0 aliphatic carbocycles. The standard InChI is InChI=1S/C18H22N2O3S/c1-14(21)16-5-4-6-17(13-16)15-7-9-18(10-8-15)24(22,23)19-11-12-20(2)3/h4-10,13,19H,11-12H2,1-3H3. The lowest BCUT2D eigenvalue weighted by molar-refractivity contribution is 0.101. The summed E-state index contributed by atoms with van der Waals surface area (Å²) in [4.78, 5) is 13.6. The number of rotatable bonds is 7. The van der Waals surface area contributed by atoms with Crippen molar-refractivity contribution in [2.75, 3.05) is 27.2 Å². The Bertz CT molecular complexity index is 812. The van der Waals surface area contributed by atoms with Gasteiger partial charge < -0.3 is 4.90 Å². The molecule has 0 saturated heterocycles. The molecule has 2 aromatic carbocycles. The molecule has 6 heteroatoms. The lowest BCUT2D eigenvalue weighted by Gasteiger charge is -2.11. The molecule has 2 rings (SSSR count). The van der Waals surface area contributed by atoms with Gasteiger partial charge in [0.1, 0.15) is 0 Å². The maximum Gasteiger partial charge on any atom is 0.240 e. The molecule has 0 aliphatic rings. The van der Waals surface area contributed by atoms with Gasteiger partial charge >= 0.3 is 0 Å². The highest BCUT2D eigenvalue weighted by atomic mass is 32.2. The number of nitrogens with one attached hydrogen (secondary N) is 1. The second kappa shape index (κ2) is 7.70. The number of likely N-dealkylation sites (N-methyl/N-ethyl adjacent to an activating group) is 1. The first-order valence-electron chi connectivity index (χ1n) is 7.65. The molecule has 0 bridgehead atoms. The lowest BCUT2D eigenvalue weighted by Crippen LogP contribution is -2.31. The summed E-state index contributed by atoms with van der Waals surface area (Å²) in [6.07, 6.45) is 0. The molecule has 1 N–H and O–H groups in total. The zero-order chi connectivity index (χ0) is 17.7. The molecule has 0 radical (unpaired) electrons. The molecule has 0 saturated carbocycles. The molecule has 0 aliphatic heterocycles. The average Bonchev–Trinajstić information content (AvgIpc) is 2.54. The number of sulfonamides is 1. The third-order valence-electron chi connectivity index (χ3n) is 3.62. The number of hydrogen-bond acceptors (Lipinski definition) is 4. The first-order chi connectivity index (χ1) is 11.3. The van der Waals surface area contributed by atoms with E-state index in [9.17, 15) is 13.2 Å². The SMILES string of the molecule is CC(=O)c1cccc(-c2ccc(S(=O)(=O)NCCN(C)C)cc2)c1. The third kappa shape index (κ3) is 4.74. The Labute approximate surface area is 143 Å². The summed E-state index contributed by atoms with van der Waals surface area (Å²) in [6.45, 7) is 2.51. The maximum atomic E-state index is 12.2. The monoisotopic (exact) mass is 346 g/mol. The Kier molecular flexibility index (Phi) is 5.88. The summed E-state index contributed by atoms with van der Waals surface area (Å²) in [5, 5.41) is 0. The van der Waals surface area contributed by atoms with Crippen LogP contribution in [-0.2, 0) is 10.0 Å². The van der Waals surface area contributed by atoms with E-state index in [0.717, 1.165) is 11.1 Å². The van der Waals surface area contributed by atoms with Gasteiger partial charge in [-0.1, -0.05) is 30.3 Å². The molecule has 5 nitrogen and oxygen atoms in total. The number of carbonyl (C=O) groups is 1. The summed E-state index contributed by atoms with van der Waals surface area (Å²) < 4.78 is 27.0. The van der Waals surface area contributed by atoms with Crippen LogP contribution in [0.25, 0.3) is 11.1 Å². The van der Waals surface area contributed by atoms with Crippen LogP contribution in [0.5, 0.6) is 0 Å². The van der Waals surface area contributed by atoms with E-state index in [-0.39, 0.29) is 10.7 Å². The molecule has 0 heterocycles. The van der Waals surface area contributed by atoms with Crippen LogP contribution in [-0.4, -0.2) is 46.3 Å². The topological polar surface area (TPSA) is 66.5 Å². The molecule has 0 amide bonds. The summed E-state index contributed by atoms with van der Waals surface area (Å²) >= 11 is 0. The van der Waals surface area contributed by atoms with Gasteiger partial charge in [-0.3, -0.25) is 4.79 Å². The van der Waals surface area contributed by atoms with Crippen LogP contribution >= 0.6 is 0 Å². The van der Waals surface area contributed by atoms with Gasteiger partial charge in [0.2, 0.25) is 10.0 Å². The van der Waals surface area contributed by atoms with Crippen molar-refractivity contribution < 1.29 is 13.2 Å². The number of carbonyl (C=O) groups excluding carboxylic acids is 1. The summed E-state index contributed by atoms with van der Waals surface area (Å²) in [6, 6.07) is 13.9. The zero-order valence-corrected chi connectivity index (χ0v) is 14.9. The maximum absolute atomic E-state index is 12.2. The molecule has 0 atom stereocenters. The molecule has 0 unspecified atom stereocenters. The fourth-order valence-corrected chi connectivity index (χ4v) is 3.25. The van der Waals surface area contributed by atoms with Gasteiger partial charge in [0.15, 0.2) is 5.78 Å². The van der Waals surface area contributed by atoms with Crippen LogP contribution in [0.4, 0.5) is 0 Å². The Morgan fingerprint density at radius 2 is 1.71 bits per heavy atom. The Balaban J connectivity index is 2.18. The van der Waals surface area contributed by atoms with Crippen LogP contribution in [0, 0.1) is 0 Å². The minimum absolute atomic E-state index is 0.00106. The van der Waals surface area contributed by atoms with Crippen molar-refractivity contribution in [2.24, 2.45) is 0 Å². The fraction of sp³-hybridized carbons (Fsp3) is 0.278. The Morgan fingerprint density at radius 3 is 2.29 bits per heavy atom. The van der Waals surface area contributed by atoms with E-state index >= 15 is 0 Å². The molecule has 24 heavy (non-hydrogen) atoms. The van der Waals surface area contributed by atoms with E-state index in [4.69, 9.17) is 0 Å². The van der Waals surface area contributed by atoms with Crippen molar-refractivity contribution in [3.05, 3.63) is 54.1 Å². The molecular formula is C18H22N2O3S. The lowest BCUT2D eigenvalue weighted by atomic mass is 10.0. The van der Waals surface area contributed by atoms with Crippen molar-refractivity contribution in [1.82, 2.24) is 9.62 Å². The first-order valence-corrected chi connectivity index (χ1v) is 9.14. The van der Waals surface area contributed by atoms with E-state index < -0.39 is 10.0 Å². The van der Waals surface area contributed by atoms with Gasteiger partial charge in [0.25, 0.3) is 0 Å². The van der Waals surface area contributed by atoms with Crippen molar-refractivity contribution >= 4 is 15.8 Å². The second-order valence-electron chi connectivity index (χ2n) is 5.86. The Morgan fingerprint density at radius 1 is 1.04 bits per heavy atom. The Hall–Kier alpha value is -2.02. The van der Waals surface area contributed by atoms with Crippen molar-refractivity contribution in [3.8, 4) is 11.1 Å². The van der Waals surface area contributed by atoms with Crippen molar-refractivity contribution in [1.29, 1.82) is 0 Å². The molecule has 0 fully saturated rings. The normalized spacial score (nSPS) is 11.7.